The summed E-state index contributed by atoms with van der Waals surface area (Å²) in [5.74, 6) is -0.931. The Bertz CT molecular complexity index is 199. The summed E-state index contributed by atoms with van der Waals surface area (Å²) in [6.07, 6.45) is 1.69. The number of aliphatic carboxylic acids is 1. The second kappa shape index (κ2) is 3.72. The molecule has 0 aromatic carbocycles. The van der Waals surface area contributed by atoms with E-state index in [0.717, 1.165) is 0 Å². The minimum Gasteiger partial charge on any atom is -0.478 e. The largest absolute Gasteiger partial charge is 0.478 e. The van der Waals surface area contributed by atoms with E-state index in [1.165, 1.54) is 0 Å². The molecule has 70 valence electrons. The maximum atomic E-state index is 10.7. The molecule has 0 spiro atoms. The average Bonchev–Trinajstić information content (AvgIpc) is 1.79. The Morgan fingerprint density at radius 1 is 1.50 bits per heavy atom. The highest BCUT2D eigenvalue weighted by Crippen LogP contribution is 2.18. The van der Waals surface area contributed by atoms with Crippen LogP contribution >= 0.6 is 0 Å². The van der Waals surface area contributed by atoms with Gasteiger partial charge in [0.1, 0.15) is 0 Å². The Hall–Kier alpha value is -0.830. The van der Waals surface area contributed by atoms with Gasteiger partial charge in [-0.2, -0.15) is 0 Å². The van der Waals surface area contributed by atoms with E-state index in [2.05, 4.69) is 0 Å². The zero-order valence-corrected chi connectivity index (χ0v) is 8.09. The smallest absolute Gasteiger partial charge is 0.332 e. The lowest BCUT2D eigenvalue weighted by atomic mass is 9.91. The third-order valence-corrected chi connectivity index (χ3v) is 1.33. The van der Waals surface area contributed by atoms with Crippen molar-refractivity contribution in [1.82, 2.24) is 0 Å². The van der Waals surface area contributed by atoms with Crippen LogP contribution in [0.4, 0.5) is 0 Å². The lowest BCUT2D eigenvalue weighted by Crippen LogP contribution is -2.25. The zero-order valence-electron chi connectivity index (χ0n) is 8.09. The third kappa shape index (κ3) is 4.13. The number of carbonyl (C=O) groups is 1. The second-order valence-corrected chi connectivity index (χ2v) is 4.06. The quantitative estimate of drug-likeness (QED) is 0.617. The van der Waals surface area contributed by atoms with Crippen molar-refractivity contribution >= 4 is 5.97 Å². The zero-order chi connectivity index (χ0) is 9.94. The summed E-state index contributed by atoms with van der Waals surface area (Å²) in [5, 5.41) is 8.76. The summed E-state index contributed by atoms with van der Waals surface area (Å²) in [4.78, 5) is 10.7. The summed E-state index contributed by atoms with van der Waals surface area (Å²) in [5.41, 5.74) is 5.64. The summed E-state index contributed by atoms with van der Waals surface area (Å²) in [6, 6.07) is -0.415. The van der Waals surface area contributed by atoms with E-state index < -0.39 is 12.0 Å². The fourth-order valence-corrected chi connectivity index (χ4v) is 0.854. The topological polar surface area (TPSA) is 63.3 Å². The predicted molar refractivity (Wildman–Crippen MR) is 48.8 cm³/mol. The van der Waals surface area contributed by atoms with Crippen LogP contribution in [0.1, 0.15) is 27.7 Å². The van der Waals surface area contributed by atoms with E-state index >= 15 is 0 Å². The average molecular weight is 171 g/mol. The fraction of sp³-hybridized carbons (Fsp3) is 0.667. The molecule has 0 fully saturated rings. The Balaban J connectivity index is 4.75. The van der Waals surface area contributed by atoms with Crippen molar-refractivity contribution < 1.29 is 9.90 Å². The van der Waals surface area contributed by atoms with Gasteiger partial charge >= 0.3 is 5.97 Å². The van der Waals surface area contributed by atoms with Crippen molar-refractivity contribution in [3.63, 3.8) is 0 Å². The predicted octanol–water partition coefficient (Wildman–Crippen LogP) is 1.39. The number of carboxylic acid groups (broad SMARTS) is 1. The van der Waals surface area contributed by atoms with Gasteiger partial charge in [-0.1, -0.05) is 26.8 Å². The molecule has 0 amide bonds. The summed E-state index contributed by atoms with van der Waals surface area (Å²) < 4.78 is 0. The normalized spacial score (nSPS) is 15.9. The molecule has 0 aromatic rings. The van der Waals surface area contributed by atoms with Gasteiger partial charge in [-0.3, -0.25) is 0 Å². The molecule has 3 N–H and O–H groups in total. The van der Waals surface area contributed by atoms with Crippen molar-refractivity contribution in [2.45, 2.75) is 33.7 Å². The number of allylic oxidation sites excluding steroid dienone is 1. The maximum absolute atomic E-state index is 10.7. The van der Waals surface area contributed by atoms with Crippen molar-refractivity contribution in [3.8, 4) is 0 Å². The first-order valence-corrected chi connectivity index (χ1v) is 3.95. The first-order valence-electron chi connectivity index (χ1n) is 3.95. The van der Waals surface area contributed by atoms with Gasteiger partial charge in [-0.15, -0.1) is 0 Å². The highest BCUT2D eigenvalue weighted by Gasteiger charge is 2.16. The molecule has 3 nitrogen and oxygen atoms in total. The Morgan fingerprint density at radius 3 is 2.00 bits per heavy atom. The molecule has 0 aliphatic rings. The minimum atomic E-state index is -0.931. The first-order chi connectivity index (χ1) is 5.24. The standard InChI is InChI=1S/C9H17NO2/c1-6(10)7(8(11)12)5-9(2,3)4/h5-6H,10H2,1-4H3,(H,11,12). The Labute approximate surface area is 73.3 Å². The summed E-state index contributed by atoms with van der Waals surface area (Å²) >= 11 is 0. The molecule has 0 aromatic heterocycles. The number of carboxylic acids is 1. The number of hydrogen-bond donors (Lipinski definition) is 2. The van der Waals surface area contributed by atoms with Crippen LogP contribution in [-0.4, -0.2) is 17.1 Å². The molecule has 3 heteroatoms. The monoisotopic (exact) mass is 171 g/mol. The molecule has 1 unspecified atom stereocenters. The van der Waals surface area contributed by atoms with E-state index in [0.29, 0.717) is 0 Å². The second-order valence-electron chi connectivity index (χ2n) is 4.06. The van der Waals surface area contributed by atoms with Gasteiger partial charge in [0.25, 0.3) is 0 Å². The fourth-order valence-electron chi connectivity index (χ4n) is 0.854. The van der Waals surface area contributed by atoms with E-state index in [4.69, 9.17) is 10.8 Å². The van der Waals surface area contributed by atoms with E-state index in [9.17, 15) is 4.79 Å². The van der Waals surface area contributed by atoms with Crippen LogP contribution in [-0.2, 0) is 4.79 Å². The molecule has 0 saturated heterocycles. The number of hydrogen-bond acceptors (Lipinski definition) is 2. The Morgan fingerprint density at radius 2 is 1.92 bits per heavy atom. The van der Waals surface area contributed by atoms with Crippen molar-refractivity contribution in [3.05, 3.63) is 11.6 Å². The summed E-state index contributed by atoms with van der Waals surface area (Å²) in [6.45, 7) is 7.50. The molecule has 1 atom stereocenters. The molecule has 0 rings (SSSR count). The van der Waals surface area contributed by atoms with E-state index in [-0.39, 0.29) is 11.0 Å². The van der Waals surface area contributed by atoms with Crippen molar-refractivity contribution in [2.75, 3.05) is 0 Å². The van der Waals surface area contributed by atoms with Gasteiger partial charge in [-0.05, 0) is 12.3 Å². The van der Waals surface area contributed by atoms with Gasteiger partial charge in [0.2, 0.25) is 0 Å². The molecular formula is C9H17NO2. The van der Waals surface area contributed by atoms with Gasteiger partial charge in [0.05, 0.1) is 0 Å². The van der Waals surface area contributed by atoms with Crippen LogP contribution in [0.25, 0.3) is 0 Å². The SMILES string of the molecule is CC(N)C(=CC(C)(C)C)C(=O)O. The van der Waals surface area contributed by atoms with Gasteiger partial charge in [0, 0.05) is 11.6 Å². The molecular weight excluding hydrogens is 154 g/mol. The van der Waals surface area contributed by atoms with Crippen molar-refractivity contribution in [2.24, 2.45) is 11.1 Å². The molecule has 0 aliphatic heterocycles. The van der Waals surface area contributed by atoms with Crippen LogP contribution in [0.2, 0.25) is 0 Å². The van der Waals surface area contributed by atoms with Crippen LogP contribution in [0.3, 0.4) is 0 Å². The minimum absolute atomic E-state index is 0.138. The lowest BCUT2D eigenvalue weighted by molar-refractivity contribution is -0.132. The molecule has 0 aliphatic carbocycles. The van der Waals surface area contributed by atoms with E-state index in [1.807, 2.05) is 20.8 Å². The van der Waals surface area contributed by atoms with Gasteiger partial charge in [0.15, 0.2) is 0 Å². The van der Waals surface area contributed by atoms with Crippen LogP contribution in [0, 0.1) is 5.41 Å². The molecule has 0 bridgehead atoms. The summed E-state index contributed by atoms with van der Waals surface area (Å²) in [7, 11) is 0. The van der Waals surface area contributed by atoms with E-state index in [1.54, 1.807) is 13.0 Å². The molecule has 0 radical (unpaired) electrons. The van der Waals surface area contributed by atoms with Gasteiger partial charge < -0.3 is 10.8 Å². The van der Waals surface area contributed by atoms with Crippen molar-refractivity contribution in [1.29, 1.82) is 0 Å². The number of rotatable bonds is 2. The number of nitrogens with two attached hydrogens (primary N) is 1. The lowest BCUT2D eigenvalue weighted by Gasteiger charge is -2.16. The van der Waals surface area contributed by atoms with Gasteiger partial charge in [-0.25, -0.2) is 4.79 Å². The molecule has 0 heterocycles. The van der Waals surface area contributed by atoms with Crippen LogP contribution in [0.15, 0.2) is 11.6 Å². The molecule has 0 saturated carbocycles. The maximum Gasteiger partial charge on any atom is 0.332 e. The third-order valence-electron chi connectivity index (χ3n) is 1.33. The van der Waals surface area contributed by atoms with Crippen LogP contribution < -0.4 is 5.73 Å². The Kier molecular flexibility index (Phi) is 3.46. The highest BCUT2D eigenvalue weighted by molar-refractivity contribution is 5.87. The van der Waals surface area contributed by atoms with Crippen LogP contribution in [0.5, 0.6) is 0 Å². The molecule has 12 heavy (non-hydrogen) atoms. The first kappa shape index (κ1) is 11.2. The highest BCUT2D eigenvalue weighted by atomic mass is 16.4.